The van der Waals surface area contributed by atoms with Gasteiger partial charge in [0.1, 0.15) is 12.3 Å². The molecule has 1 saturated heterocycles. The zero-order valence-electron chi connectivity index (χ0n) is 17.8. The molecule has 2 amide bonds. The first kappa shape index (κ1) is 21.8. The van der Waals surface area contributed by atoms with Gasteiger partial charge in [0.25, 0.3) is 5.91 Å². The number of nitrogens with one attached hydrogen (secondary N) is 2. The molecule has 2 heterocycles. The van der Waals surface area contributed by atoms with Gasteiger partial charge in [0.2, 0.25) is 0 Å². The number of carbonyl (C=O) groups is 2. The third-order valence-electron chi connectivity index (χ3n) is 4.90. The van der Waals surface area contributed by atoms with Crippen LogP contribution >= 0.6 is 0 Å². The molecule has 3 rings (SSSR count). The summed E-state index contributed by atoms with van der Waals surface area (Å²) in [6.07, 6.45) is 2.63. The van der Waals surface area contributed by atoms with Crippen molar-refractivity contribution >= 4 is 12.0 Å². The fraction of sp³-hybridized carbons (Fsp3) is 0.500. The number of benzene rings is 1. The molecule has 0 saturated carbocycles. The average molecular weight is 415 g/mol. The lowest BCUT2D eigenvalue weighted by molar-refractivity contribution is -0.0167. The van der Waals surface area contributed by atoms with E-state index in [1.54, 1.807) is 11.1 Å². The number of nitrogens with zero attached hydrogens (tertiary/aromatic N) is 2. The summed E-state index contributed by atoms with van der Waals surface area (Å²) < 4.78 is 11.1. The van der Waals surface area contributed by atoms with E-state index >= 15 is 0 Å². The highest BCUT2D eigenvalue weighted by Crippen LogP contribution is 2.16. The van der Waals surface area contributed by atoms with E-state index in [0.717, 1.165) is 5.56 Å². The Balaban J connectivity index is 1.44. The number of hydrogen-bond donors (Lipinski definition) is 2. The minimum Gasteiger partial charge on any atom is -0.445 e. The van der Waals surface area contributed by atoms with Gasteiger partial charge in [0.15, 0.2) is 0 Å². The largest absolute Gasteiger partial charge is 0.445 e. The molecule has 0 bridgehead atoms. The quantitative estimate of drug-likeness (QED) is 0.756. The monoisotopic (exact) mass is 414 g/mol. The number of aromatic nitrogens is 2. The second-order valence-electron chi connectivity index (χ2n) is 8.42. The lowest BCUT2D eigenvalue weighted by Crippen LogP contribution is -2.46. The third-order valence-corrected chi connectivity index (χ3v) is 4.90. The highest BCUT2D eigenvalue weighted by molar-refractivity contribution is 5.95. The van der Waals surface area contributed by atoms with Crippen LogP contribution in [-0.2, 0) is 22.7 Å². The SMILES string of the molecule is CC(C)(C)OCc1n[nH]cc1C(=O)NC1CCN(C(=O)OCc2ccccc2)CC1. The average Bonchev–Trinajstić information content (AvgIpc) is 3.20. The van der Waals surface area contributed by atoms with Crippen LogP contribution in [0.4, 0.5) is 4.79 Å². The van der Waals surface area contributed by atoms with Crippen molar-refractivity contribution in [2.75, 3.05) is 13.1 Å². The van der Waals surface area contributed by atoms with Crippen LogP contribution in [-0.4, -0.2) is 51.8 Å². The van der Waals surface area contributed by atoms with Crippen LogP contribution in [0.25, 0.3) is 0 Å². The molecule has 0 atom stereocenters. The number of piperidine rings is 1. The molecule has 30 heavy (non-hydrogen) atoms. The molecule has 0 unspecified atom stereocenters. The molecular weight excluding hydrogens is 384 g/mol. The van der Waals surface area contributed by atoms with Gasteiger partial charge in [0.05, 0.1) is 17.8 Å². The summed E-state index contributed by atoms with van der Waals surface area (Å²) >= 11 is 0. The van der Waals surface area contributed by atoms with E-state index in [2.05, 4.69) is 15.5 Å². The van der Waals surface area contributed by atoms with Gasteiger partial charge in [-0.15, -0.1) is 0 Å². The first-order valence-electron chi connectivity index (χ1n) is 10.2. The van der Waals surface area contributed by atoms with Crippen LogP contribution in [0.5, 0.6) is 0 Å². The van der Waals surface area contributed by atoms with Crippen molar-refractivity contribution in [3.05, 3.63) is 53.3 Å². The predicted octanol–water partition coefficient (Wildman–Crippen LogP) is 3.26. The Morgan fingerprint density at radius 3 is 2.53 bits per heavy atom. The molecule has 0 radical (unpaired) electrons. The summed E-state index contributed by atoms with van der Waals surface area (Å²) in [4.78, 5) is 26.6. The van der Waals surface area contributed by atoms with E-state index in [9.17, 15) is 9.59 Å². The van der Waals surface area contributed by atoms with Crippen LogP contribution in [0, 0.1) is 0 Å². The Morgan fingerprint density at radius 1 is 1.17 bits per heavy atom. The normalized spacial score (nSPS) is 15.1. The van der Waals surface area contributed by atoms with E-state index in [-0.39, 0.29) is 36.9 Å². The Morgan fingerprint density at radius 2 is 1.87 bits per heavy atom. The highest BCUT2D eigenvalue weighted by atomic mass is 16.6. The number of hydrogen-bond acceptors (Lipinski definition) is 5. The maximum Gasteiger partial charge on any atom is 0.410 e. The van der Waals surface area contributed by atoms with E-state index in [0.29, 0.717) is 37.2 Å². The third kappa shape index (κ3) is 6.32. The highest BCUT2D eigenvalue weighted by Gasteiger charge is 2.26. The Labute approximate surface area is 176 Å². The summed E-state index contributed by atoms with van der Waals surface area (Å²) in [7, 11) is 0. The Hall–Kier alpha value is -2.87. The van der Waals surface area contributed by atoms with E-state index < -0.39 is 0 Å². The Bertz CT molecular complexity index is 836. The Kier molecular flexibility index (Phi) is 7.10. The second kappa shape index (κ2) is 9.75. The van der Waals surface area contributed by atoms with Crippen molar-refractivity contribution in [2.45, 2.75) is 58.5 Å². The van der Waals surface area contributed by atoms with Gasteiger partial charge in [-0.05, 0) is 39.2 Å². The molecule has 0 spiro atoms. The lowest BCUT2D eigenvalue weighted by Gasteiger charge is -2.31. The first-order chi connectivity index (χ1) is 14.3. The van der Waals surface area contributed by atoms with Gasteiger partial charge < -0.3 is 19.7 Å². The van der Waals surface area contributed by atoms with Gasteiger partial charge in [-0.3, -0.25) is 9.89 Å². The second-order valence-corrected chi connectivity index (χ2v) is 8.42. The number of aromatic amines is 1. The molecular formula is C22H30N4O4. The van der Waals surface area contributed by atoms with Gasteiger partial charge in [-0.1, -0.05) is 30.3 Å². The van der Waals surface area contributed by atoms with Crippen LogP contribution < -0.4 is 5.32 Å². The molecule has 162 valence electrons. The van der Waals surface area contributed by atoms with Gasteiger partial charge in [-0.25, -0.2) is 4.79 Å². The summed E-state index contributed by atoms with van der Waals surface area (Å²) in [6, 6.07) is 9.60. The predicted molar refractivity (Wildman–Crippen MR) is 112 cm³/mol. The molecule has 8 nitrogen and oxygen atoms in total. The smallest absolute Gasteiger partial charge is 0.410 e. The molecule has 1 aliphatic rings. The van der Waals surface area contributed by atoms with E-state index in [1.165, 1.54) is 0 Å². The lowest BCUT2D eigenvalue weighted by atomic mass is 10.0. The maximum absolute atomic E-state index is 12.7. The van der Waals surface area contributed by atoms with E-state index in [4.69, 9.17) is 9.47 Å². The molecule has 2 aromatic rings. The van der Waals surface area contributed by atoms with Gasteiger partial charge >= 0.3 is 6.09 Å². The van der Waals surface area contributed by atoms with Crippen LogP contribution in [0.2, 0.25) is 0 Å². The summed E-state index contributed by atoms with van der Waals surface area (Å²) in [5.74, 6) is -0.179. The zero-order chi connectivity index (χ0) is 21.6. The van der Waals surface area contributed by atoms with Crippen molar-refractivity contribution in [3.8, 4) is 0 Å². The van der Waals surface area contributed by atoms with E-state index in [1.807, 2.05) is 51.1 Å². The fourth-order valence-corrected chi connectivity index (χ4v) is 3.19. The molecule has 8 heteroatoms. The van der Waals surface area contributed by atoms with Crippen LogP contribution in [0.1, 0.15) is 55.2 Å². The van der Waals surface area contributed by atoms with Crippen LogP contribution in [0.3, 0.4) is 0 Å². The van der Waals surface area contributed by atoms with Crippen molar-refractivity contribution < 1.29 is 19.1 Å². The molecule has 1 aromatic carbocycles. The standard InChI is InChI=1S/C22H30N4O4/c1-22(2,3)30-15-19-18(13-23-25-19)20(27)24-17-9-11-26(12-10-17)21(28)29-14-16-7-5-4-6-8-16/h4-8,13,17H,9-12,14-15H2,1-3H3,(H,23,25)(H,24,27). The summed E-state index contributed by atoms with van der Waals surface area (Å²) in [5, 5.41) is 9.92. The van der Waals surface area contributed by atoms with Gasteiger partial charge in [-0.2, -0.15) is 5.10 Å². The fourth-order valence-electron chi connectivity index (χ4n) is 3.19. The minimum absolute atomic E-state index is 0.00181. The number of amides is 2. The topological polar surface area (TPSA) is 96.5 Å². The maximum atomic E-state index is 12.7. The number of ether oxygens (including phenoxy) is 2. The van der Waals surface area contributed by atoms with Crippen molar-refractivity contribution in [1.29, 1.82) is 0 Å². The molecule has 1 aromatic heterocycles. The van der Waals surface area contributed by atoms with Crippen molar-refractivity contribution in [1.82, 2.24) is 20.4 Å². The zero-order valence-corrected chi connectivity index (χ0v) is 17.8. The van der Waals surface area contributed by atoms with Crippen LogP contribution in [0.15, 0.2) is 36.5 Å². The summed E-state index contributed by atoms with van der Waals surface area (Å²) in [6.45, 7) is 7.49. The number of carbonyl (C=O) groups excluding carboxylic acids is 2. The number of likely N-dealkylation sites (tertiary alicyclic amines) is 1. The molecule has 1 aliphatic heterocycles. The van der Waals surface area contributed by atoms with Crippen molar-refractivity contribution in [2.24, 2.45) is 0 Å². The number of H-pyrrole nitrogens is 1. The minimum atomic E-state index is -0.319. The molecule has 0 aliphatic carbocycles. The van der Waals surface area contributed by atoms with Gasteiger partial charge in [0, 0.05) is 25.3 Å². The summed E-state index contributed by atoms with van der Waals surface area (Å²) in [5.41, 5.74) is 1.72. The molecule has 1 fully saturated rings. The number of rotatable bonds is 6. The first-order valence-corrected chi connectivity index (χ1v) is 10.2. The van der Waals surface area contributed by atoms with Crippen molar-refractivity contribution in [3.63, 3.8) is 0 Å². The molecule has 2 N–H and O–H groups in total.